The zero-order valence-corrected chi connectivity index (χ0v) is 13.3. The number of rotatable bonds is 6. The molecule has 6 heteroatoms. The van der Waals surface area contributed by atoms with Crippen LogP contribution in [0, 0.1) is 5.82 Å². The molecule has 1 aromatic carbocycles. The van der Waals surface area contributed by atoms with Crippen LogP contribution in [0.25, 0.3) is 5.69 Å². The molecule has 1 heterocycles. The Hall–Kier alpha value is -2.37. The average molecular weight is 315 g/mol. The maximum atomic E-state index is 13.0. The summed E-state index contributed by atoms with van der Waals surface area (Å²) in [6.45, 7) is 3.61. The molecule has 1 aliphatic rings. The van der Waals surface area contributed by atoms with Crippen LogP contribution in [-0.2, 0) is 6.42 Å². The maximum absolute atomic E-state index is 13.0. The third-order valence-corrected chi connectivity index (χ3v) is 3.64. The van der Waals surface area contributed by atoms with Gasteiger partial charge in [0.1, 0.15) is 5.82 Å². The molecule has 0 aliphatic heterocycles. The molecule has 5 nitrogen and oxygen atoms in total. The molecule has 1 fully saturated rings. The van der Waals surface area contributed by atoms with Crippen molar-refractivity contribution in [2.24, 2.45) is 4.99 Å². The molecule has 1 aliphatic carbocycles. The molecule has 0 spiro atoms. The first-order valence-electron chi connectivity index (χ1n) is 8.10. The highest BCUT2D eigenvalue weighted by Crippen LogP contribution is 2.18. The van der Waals surface area contributed by atoms with Crippen LogP contribution in [0.3, 0.4) is 0 Å². The van der Waals surface area contributed by atoms with E-state index in [1.54, 1.807) is 16.8 Å². The Morgan fingerprint density at radius 3 is 2.78 bits per heavy atom. The molecule has 0 atom stereocenters. The molecule has 0 amide bonds. The van der Waals surface area contributed by atoms with Gasteiger partial charge >= 0.3 is 0 Å². The number of hydrogen-bond donors (Lipinski definition) is 2. The van der Waals surface area contributed by atoms with Crippen LogP contribution in [-0.4, -0.2) is 34.9 Å². The van der Waals surface area contributed by atoms with Gasteiger partial charge < -0.3 is 10.6 Å². The van der Waals surface area contributed by atoms with Gasteiger partial charge in [-0.2, -0.15) is 5.10 Å². The number of nitrogens with zero attached hydrogens (tertiary/aromatic N) is 3. The smallest absolute Gasteiger partial charge is 0.191 e. The van der Waals surface area contributed by atoms with Crippen LogP contribution < -0.4 is 10.6 Å². The minimum Gasteiger partial charge on any atom is -0.357 e. The van der Waals surface area contributed by atoms with Crippen LogP contribution in [0.2, 0.25) is 0 Å². The average Bonchev–Trinajstić information content (AvgIpc) is 3.24. The highest BCUT2D eigenvalue weighted by atomic mass is 19.1. The van der Waals surface area contributed by atoms with Crippen molar-refractivity contribution in [3.63, 3.8) is 0 Å². The van der Waals surface area contributed by atoms with Gasteiger partial charge in [0.15, 0.2) is 5.96 Å². The van der Waals surface area contributed by atoms with E-state index >= 15 is 0 Å². The van der Waals surface area contributed by atoms with Crippen molar-refractivity contribution in [3.8, 4) is 5.69 Å². The summed E-state index contributed by atoms with van der Waals surface area (Å²) < 4.78 is 14.7. The lowest BCUT2D eigenvalue weighted by molar-refractivity contribution is 0.627. The van der Waals surface area contributed by atoms with E-state index in [0.29, 0.717) is 12.6 Å². The summed E-state index contributed by atoms with van der Waals surface area (Å²) in [5.41, 5.74) is 1.82. The van der Waals surface area contributed by atoms with Gasteiger partial charge in [0.2, 0.25) is 0 Å². The number of halogens is 1. The van der Waals surface area contributed by atoms with Crippen molar-refractivity contribution < 1.29 is 4.39 Å². The minimum atomic E-state index is -0.241. The number of nitrogens with one attached hydrogen (secondary N) is 2. The van der Waals surface area contributed by atoms with Crippen LogP contribution in [0.15, 0.2) is 41.5 Å². The lowest BCUT2D eigenvalue weighted by atomic mass is 10.3. The first-order chi connectivity index (χ1) is 11.2. The fourth-order valence-electron chi connectivity index (χ4n) is 2.26. The first-order valence-corrected chi connectivity index (χ1v) is 8.10. The van der Waals surface area contributed by atoms with Crippen molar-refractivity contribution >= 4 is 5.96 Å². The van der Waals surface area contributed by atoms with E-state index < -0.39 is 0 Å². The maximum Gasteiger partial charge on any atom is 0.191 e. The Labute approximate surface area is 135 Å². The zero-order valence-electron chi connectivity index (χ0n) is 13.3. The van der Waals surface area contributed by atoms with Gasteiger partial charge in [0.05, 0.1) is 11.4 Å². The third-order valence-electron chi connectivity index (χ3n) is 3.64. The number of benzene rings is 1. The number of guanidine groups is 1. The standard InChI is InChI=1S/C17H22FN5/c1-2-19-17(21-14-5-6-14)20-11-9-15-10-12-23(22-15)16-7-3-13(18)4-8-16/h3-4,7-8,10,12,14H,2,5-6,9,11H2,1H3,(H2,19,20,21). The van der Waals surface area contributed by atoms with E-state index in [1.807, 2.05) is 12.3 Å². The topological polar surface area (TPSA) is 54.2 Å². The van der Waals surface area contributed by atoms with Gasteiger partial charge in [-0.1, -0.05) is 0 Å². The molecular formula is C17H22FN5. The Balaban J connectivity index is 1.56. The molecule has 122 valence electrons. The van der Waals surface area contributed by atoms with Gasteiger partial charge in [0, 0.05) is 31.7 Å². The zero-order chi connectivity index (χ0) is 16.1. The Morgan fingerprint density at radius 2 is 2.09 bits per heavy atom. The molecule has 0 unspecified atom stereocenters. The van der Waals surface area contributed by atoms with Crippen LogP contribution in [0.4, 0.5) is 4.39 Å². The van der Waals surface area contributed by atoms with Crippen molar-refractivity contribution in [1.29, 1.82) is 0 Å². The Bertz CT molecular complexity index is 658. The molecule has 2 N–H and O–H groups in total. The minimum absolute atomic E-state index is 0.241. The van der Waals surface area contributed by atoms with Gasteiger partial charge in [-0.3, -0.25) is 4.99 Å². The first kappa shape index (κ1) is 15.5. The monoisotopic (exact) mass is 315 g/mol. The van der Waals surface area contributed by atoms with E-state index in [9.17, 15) is 4.39 Å². The third kappa shape index (κ3) is 4.55. The lowest BCUT2D eigenvalue weighted by Gasteiger charge is -2.09. The number of hydrogen-bond acceptors (Lipinski definition) is 2. The van der Waals surface area contributed by atoms with Gasteiger partial charge in [-0.05, 0) is 50.1 Å². The van der Waals surface area contributed by atoms with E-state index in [2.05, 4.69) is 27.6 Å². The van der Waals surface area contributed by atoms with E-state index in [-0.39, 0.29) is 5.82 Å². The molecule has 2 aromatic rings. The Kier molecular flexibility index (Phi) is 4.90. The van der Waals surface area contributed by atoms with Gasteiger partial charge in [0.25, 0.3) is 0 Å². The summed E-state index contributed by atoms with van der Waals surface area (Å²) >= 11 is 0. The second-order valence-corrected chi connectivity index (χ2v) is 5.66. The molecule has 0 bridgehead atoms. The van der Waals surface area contributed by atoms with E-state index in [1.165, 1.54) is 25.0 Å². The number of aromatic nitrogens is 2. The highest BCUT2D eigenvalue weighted by molar-refractivity contribution is 5.80. The van der Waals surface area contributed by atoms with E-state index in [4.69, 9.17) is 0 Å². The van der Waals surface area contributed by atoms with E-state index in [0.717, 1.165) is 30.3 Å². The van der Waals surface area contributed by atoms with Crippen LogP contribution >= 0.6 is 0 Å². The summed E-state index contributed by atoms with van der Waals surface area (Å²) in [6, 6.07) is 8.87. The van der Waals surface area contributed by atoms with Crippen LogP contribution in [0.1, 0.15) is 25.5 Å². The summed E-state index contributed by atoms with van der Waals surface area (Å²) in [5, 5.41) is 11.2. The normalized spacial score (nSPS) is 14.8. The molecule has 0 saturated heterocycles. The Morgan fingerprint density at radius 1 is 1.30 bits per heavy atom. The molecular weight excluding hydrogens is 293 g/mol. The van der Waals surface area contributed by atoms with Gasteiger partial charge in [-0.25, -0.2) is 9.07 Å². The molecule has 23 heavy (non-hydrogen) atoms. The quantitative estimate of drug-likeness (QED) is 0.635. The molecule has 1 aromatic heterocycles. The van der Waals surface area contributed by atoms with Crippen molar-refractivity contribution in [2.75, 3.05) is 13.1 Å². The molecule has 3 rings (SSSR count). The number of aliphatic imine (C=N–C) groups is 1. The summed E-state index contributed by atoms with van der Waals surface area (Å²) in [7, 11) is 0. The second kappa shape index (κ2) is 7.26. The summed E-state index contributed by atoms with van der Waals surface area (Å²) in [4.78, 5) is 4.58. The van der Waals surface area contributed by atoms with Crippen LogP contribution in [0.5, 0.6) is 0 Å². The summed E-state index contributed by atoms with van der Waals surface area (Å²) in [5.74, 6) is 0.641. The van der Waals surface area contributed by atoms with Gasteiger partial charge in [-0.15, -0.1) is 0 Å². The predicted octanol–water partition coefficient (Wildman–Crippen LogP) is 2.27. The fraction of sp³-hybridized carbons (Fsp3) is 0.412. The van der Waals surface area contributed by atoms with Crippen molar-refractivity contribution in [2.45, 2.75) is 32.2 Å². The second-order valence-electron chi connectivity index (χ2n) is 5.66. The van der Waals surface area contributed by atoms with Crippen molar-refractivity contribution in [3.05, 3.63) is 48.0 Å². The molecule has 1 saturated carbocycles. The highest BCUT2D eigenvalue weighted by Gasteiger charge is 2.21. The SMILES string of the molecule is CCNC(=NCCc1ccn(-c2ccc(F)cc2)n1)NC1CC1. The van der Waals surface area contributed by atoms with Crippen molar-refractivity contribution in [1.82, 2.24) is 20.4 Å². The largest absolute Gasteiger partial charge is 0.357 e. The fourth-order valence-corrected chi connectivity index (χ4v) is 2.26. The lowest BCUT2D eigenvalue weighted by Crippen LogP contribution is -2.38. The summed E-state index contributed by atoms with van der Waals surface area (Å²) in [6.07, 6.45) is 5.12. The molecule has 0 radical (unpaired) electrons. The predicted molar refractivity (Wildman–Crippen MR) is 89.4 cm³/mol.